The number of hydrogen-bond donors (Lipinski definition) is 2. The average Bonchev–Trinajstić information content (AvgIpc) is 2.78. The summed E-state index contributed by atoms with van der Waals surface area (Å²) in [7, 11) is 0. The van der Waals surface area contributed by atoms with E-state index in [1.54, 1.807) is 6.20 Å². The molecule has 4 heteroatoms. The average molecular weight is 246 g/mol. The molecule has 1 unspecified atom stereocenters. The molecule has 0 aliphatic carbocycles. The number of nitrogens with one attached hydrogen (secondary N) is 1. The van der Waals surface area contributed by atoms with Crippen LogP contribution in [0.4, 0.5) is 0 Å². The lowest BCUT2D eigenvalue weighted by Gasteiger charge is -2.18. The van der Waals surface area contributed by atoms with E-state index >= 15 is 0 Å². The second-order valence-electron chi connectivity index (χ2n) is 5.45. The van der Waals surface area contributed by atoms with Gasteiger partial charge < -0.3 is 5.73 Å². The molecule has 1 aliphatic rings. The molecule has 1 fully saturated rings. The normalized spacial score (nSPS) is 20.5. The number of aromatic nitrogens is 1. The van der Waals surface area contributed by atoms with E-state index in [1.807, 2.05) is 12.1 Å². The molecule has 4 nitrogen and oxygen atoms in total. The van der Waals surface area contributed by atoms with E-state index in [-0.39, 0.29) is 5.84 Å². The van der Waals surface area contributed by atoms with Crippen LogP contribution in [0.25, 0.3) is 0 Å². The molecule has 1 saturated heterocycles. The Morgan fingerprint density at radius 3 is 3.00 bits per heavy atom. The maximum atomic E-state index is 7.55. The molecule has 0 saturated carbocycles. The van der Waals surface area contributed by atoms with E-state index in [0.717, 1.165) is 37.0 Å². The molecule has 98 valence electrons. The van der Waals surface area contributed by atoms with Crippen molar-refractivity contribution < 1.29 is 0 Å². The summed E-state index contributed by atoms with van der Waals surface area (Å²) in [5.74, 6) is 1.60. The zero-order valence-corrected chi connectivity index (χ0v) is 11.2. The van der Waals surface area contributed by atoms with Crippen LogP contribution in [0.3, 0.4) is 0 Å². The molecule has 2 rings (SSSR count). The molecule has 0 aromatic carbocycles. The molecular weight excluding hydrogens is 224 g/mol. The first-order valence-electron chi connectivity index (χ1n) is 6.58. The van der Waals surface area contributed by atoms with Crippen LogP contribution in [0.15, 0.2) is 18.3 Å². The van der Waals surface area contributed by atoms with Gasteiger partial charge in [0.1, 0.15) is 11.5 Å². The summed E-state index contributed by atoms with van der Waals surface area (Å²) >= 11 is 0. The minimum atomic E-state index is 0.0604. The summed E-state index contributed by atoms with van der Waals surface area (Å²) in [6, 6.07) is 3.93. The number of likely N-dealkylation sites (tertiary alicyclic amines) is 1. The maximum absolute atomic E-state index is 7.55. The van der Waals surface area contributed by atoms with Crippen molar-refractivity contribution >= 4 is 5.84 Å². The summed E-state index contributed by atoms with van der Waals surface area (Å²) in [5.41, 5.74) is 7.26. The maximum Gasteiger partial charge on any atom is 0.142 e. The van der Waals surface area contributed by atoms with Crippen molar-refractivity contribution in [3.63, 3.8) is 0 Å². The van der Waals surface area contributed by atoms with Crippen molar-refractivity contribution in [3.05, 3.63) is 29.6 Å². The third-order valence-electron chi connectivity index (χ3n) is 3.79. The summed E-state index contributed by atoms with van der Waals surface area (Å²) in [6.45, 7) is 7.71. The predicted molar refractivity (Wildman–Crippen MR) is 73.5 cm³/mol. The first-order valence-corrected chi connectivity index (χ1v) is 6.58. The van der Waals surface area contributed by atoms with E-state index in [1.165, 1.54) is 6.42 Å². The van der Waals surface area contributed by atoms with E-state index in [0.29, 0.717) is 5.69 Å². The zero-order valence-electron chi connectivity index (χ0n) is 11.2. The molecule has 1 aliphatic heterocycles. The number of amidine groups is 1. The first-order chi connectivity index (χ1) is 8.58. The quantitative estimate of drug-likeness (QED) is 0.629. The smallest absolute Gasteiger partial charge is 0.142 e. The Labute approximate surface area is 109 Å². The third kappa shape index (κ3) is 2.88. The van der Waals surface area contributed by atoms with Gasteiger partial charge in [-0.2, -0.15) is 0 Å². The lowest BCUT2D eigenvalue weighted by Crippen LogP contribution is -2.24. The van der Waals surface area contributed by atoms with Gasteiger partial charge >= 0.3 is 0 Å². The van der Waals surface area contributed by atoms with Crippen LogP contribution in [0, 0.1) is 17.2 Å². The third-order valence-corrected chi connectivity index (χ3v) is 3.79. The minimum Gasteiger partial charge on any atom is -0.382 e. The Morgan fingerprint density at radius 2 is 2.39 bits per heavy atom. The number of nitrogens with zero attached hydrogens (tertiary/aromatic N) is 2. The van der Waals surface area contributed by atoms with E-state index in [9.17, 15) is 0 Å². The van der Waals surface area contributed by atoms with Crippen LogP contribution in [-0.2, 0) is 6.54 Å². The van der Waals surface area contributed by atoms with E-state index in [2.05, 4.69) is 23.7 Å². The number of hydrogen-bond acceptors (Lipinski definition) is 3. The van der Waals surface area contributed by atoms with Crippen molar-refractivity contribution in [2.24, 2.45) is 17.6 Å². The molecule has 0 bridgehead atoms. The monoisotopic (exact) mass is 246 g/mol. The van der Waals surface area contributed by atoms with Crippen molar-refractivity contribution in [2.45, 2.75) is 26.8 Å². The van der Waals surface area contributed by atoms with Crippen LogP contribution in [-0.4, -0.2) is 28.8 Å². The fourth-order valence-electron chi connectivity index (χ4n) is 2.60. The first kappa shape index (κ1) is 13.0. The minimum absolute atomic E-state index is 0.0604. The molecular formula is C14H22N4. The molecule has 0 amide bonds. The van der Waals surface area contributed by atoms with Crippen LogP contribution >= 0.6 is 0 Å². The van der Waals surface area contributed by atoms with Crippen LogP contribution < -0.4 is 5.73 Å². The number of nitrogens with two attached hydrogens (primary N) is 1. The SMILES string of the molecule is CC(C)C1CCN(Cc2cccnc2C(=N)N)C1. The molecule has 1 aromatic rings. The van der Waals surface area contributed by atoms with E-state index in [4.69, 9.17) is 11.1 Å². The molecule has 18 heavy (non-hydrogen) atoms. The molecule has 0 radical (unpaired) electrons. The molecule has 2 heterocycles. The summed E-state index contributed by atoms with van der Waals surface area (Å²) in [5, 5.41) is 7.55. The Morgan fingerprint density at radius 1 is 1.61 bits per heavy atom. The van der Waals surface area contributed by atoms with Gasteiger partial charge in [0.05, 0.1) is 0 Å². The standard InChI is InChI=1S/C14H22N4/c1-10(2)11-5-7-18(8-11)9-12-4-3-6-17-13(12)14(15)16/h3-4,6,10-11H,5,7-9H2,1-2H3,(H3,15,16). The molecule has 1 atom stereocenters. The molecule has 3 N–H and O–H groups in total. The predicted octanol–water partition coefficient (Wildman–Crippen LogP) is 1.84. The summed E-state index contributed by atoms with van der Waals surface area (Å²) in [6.07, 6.45) is 2.97. The lowest BCUT2D eigenvalue weighted by atomic mass is 9.95. The van der Waals surface area contributed by atoms with Gasteiger partial charge in [0.25, 0.3) is 0 Å². The van der Waals surface area contributed by atoms with Crippen molar-refractivity contribution in [3.8, 4) is 0 Å². The topological polar surface area (TPSA) is 66.0 Å². The van der Waals surface area contributed by atoms with Crippen LogP contribution in [0.5, 0.6) is 0 Å². The number of pyridine rings is 1. The fourth-order valence-corrected chi connectivity index (χ4v) is 2.60. The van der Waals surface area contributed by atoms with Crippen LogP contribution in [0.1, 0.15) is 31.5 Å². The number of nitrogen functional groups attached to an aromatic ring is 1. The second-order valence-corrected chi connectivity index (χ2v) is 5.45. The summed E-state index contributed by atoms with van der Waals surface area (Å²) in [4.78, 5) is 6.64. The Bertz CT molecular complexity index is 428. The highest BCUT2D eigenvalue weighted by molar-refractivity contribution is 5.94. The highest BCUT2D eigenvalue weighted by Crippen LogP contribution is 2.25. The van der Waals surface area contributed by atoms with Crippen LogP contribution in [0.2, 0.25) is 0 Å². The Kier molecular flexibility index (Phi) is 3.97. The van der Waals surface area contributed by atoms with Gasteiger partial charge in [-0.15, -0.1) is 0 Å². The summed E-state index contributed by atoms with van der Waals surface area (Å²) < 4.78 is 0. The van der Waals surface area contributed by atoms with Gasteiger partial charge in [-0.1, -0.05) is 19.9 Å². The van der Waals surface area contributed by atoms with Crippen molar-refractivity contribution in [1.29, 1.82) is 5.41 Å². The number of rotatable bonds is 4. The van der Waals surface area contributed by atoms with Gasteiger partial charge in [-0.25, -0.2) is 0 Å². The molecule has 0 spiro atoms. The van der Waals surface area contributed by atoms with Gasteiger partial charge in [-0.3, -0.25) is 15.3 Å². The zero-order chi connectivity index (χ0) is 13.1. The highest BCUT2D eigenvalue weighted by Gasteiger charge is 2.25. The van der Waals surface area contributed by atoms with Gasteiger partial charge in [0, 0.05) is 19.3 Å². The van der Waals surface area contributed by atoms with Gasteiger partial charge in [0.2, 0.25) is 0 Å². The van der Waals surface area contributed by atoms with Crippen molar-refractivity contribution in [2.75, 3.05) is 13.1 Å². The Hall–Kier alpha value is -1.42. The highest BCUT2D eigenvalue weighted by atomic mass is 15.1. The van der Waals surface area contributed by atoms with Gasteiger partial charge in [0.15, 0.2) is 0 Å². The van der Waals surface area contributed by atoms with Gasteiger partial charge in [-0.05, 0) is 36.4 Å². The second kappa shape index (κ2) is 5.48. The molecule has 1 aromatic heterocycles. The Balaban J connectivity index is 2.05. The van der Waals surface area contributed by atoms with Crippen molar-refractivity contribution in [1.82, 2.24) is 9.88 Å². The fraction of sp³-hybridized carbons (Fsp3) is 0.571. The lowest BCUT2D eigenvalue weighted by molar-refractivity contribution is 0.296. The van der Waals surface area contributed by atoms with E-state index < -0.39 is 0 Å². The largest absolute Gasteiger partial charge is 0.382 e.